The number of hydrogen-bond donors (Lipinski definition) is 2. The van der Waals surface area contributed by atoms with E-state index in [0.717, 1.165) is 6.54 Å². The number of hydrogen-bond acceptors (Lipinski definition) is 5. The van der Waals surface area contributed by atoms with Crippen LogP contribution < -0.4 is 10.6 Å². The maximum atomic E-state index is 11.5. The largest absolute Gasteiger partial charge is 0.465 e. The zero-order valence-electron chi connectivity index (χ0n) is 13.0. The Hall–Kier alpha value is -2.02. The lowest BCUT2D eigenvalue weighted by atomic mass is 10.2. The van der Waals surface area contributed by atoms with Crippen molar-refractivity contribution in [1.29, 1.82) is 0 Å². The molecule has 1 aromatic rings. The number of aryl methyl sites for hydroxylation is 1. The number of carbonyl (C=O) groups excluding carboxylic acids is 1. The van der Waals surface area contributed by atoms with E-state index >= 15 is 0 Å². The molecule has 21 heavy (non-hydrogen) atoms. The molecule has 1 aromatic heterocycles. The molecule has 0 amide bonds. The maximum absolute atomic E-state index is 11.5. The molecule has 0 aromatic carbocycles. The third-order valence-electron chi connectivity index (χ3n) is 2.71. The van der Waals surface area contributed by atoms with Crippen molar-refractivity contribution in [3.63, 3.8) is 0 Å². The summed E-state index contributed by atoms with van der Waals surface area (Å²) in [5, 5.41) is 6.24. The van der Waals surface area contributed by atoms with Crippen molar-refractivity contribution in [3.05, 3.63) is 23.2 Å². The number of furan rings is 1. The summed E-state index contributed by atoms with van der Waals surface area (Å²) in [7, 11) is 2.99. The van der Waals surface area contributed by atoms with Gasteiger partial charge in [-0.15, -0.1) is 0 Å². The zero-order valence-corrected chi connectivity index (χ0v) is 13.0. The van der Waals surface area contributed by atoms with Crippen LogP contribution in [-0.2, 0) is 16.0 Å². The van der Waals surface area contributed by atoms with Gasteiger partial charge in [0.25, 0.3) is 0 Å². The monoisotopic (exact) mass is 297 g/mol. The van der Waals surface area contributed by atoms with Crippen molar-refractivity contribution in [1.82, 2.24) is 10.6 Å². The number of nitrogens with one attached hydrogen (secondary N) is 2. The molecule has 0 bridgehead atoms. The summed E-state index contributed by atoms with van der Waals surface area (Å²) in [4.78, 5) is 15.9. The molecule has 0 aliphatic carbocycles. The predicted molar refractivity (Wildman–Crippen MR) is 79.5 cm³/mol. The topological polar surface area (TPSA) is 85.1 Å². The fourth-order valence-corrected chi connectivity index (χ4v) is 1.70. The van der Waals surface area contributed by atoms with E-state index in [-0.39, 0.29) is 0 Å². The van der Waals surface area contributed by atoms with Gasteiger partial charge in [-0.05, 0) is 19.9 Å². The molecule has 7 heteroatoms. The molecule has 0 aliphatic heterocycles. The van der Waals surface area contributed by atoms with E-state index in [0.29, 0.717) is 42.7 Å². The molecule has 0 saturated heterocycles. The first-order chi connectivity index (χ1) is 10.1. The van der Waals surface area contributed by atoms with Gasteiger partial charge < -0.3 is 24.5 Å². The second kappa shape index (κ2) is 9.02. The lowest BCUT2D eigenvalue weighted by Crippen LogP contribution is -2.38. The van der Waals surface area contributed by atoms with Crippen LogP contribution in [0.5, 0.6) is 0 Å². The van der Waals surface area contributed by atoms with Crippen molar-refractivity contribution in [2.24, 2.45) is 4.99 Å². The Morgan fingerprint density at radius 3 is 2.76 bits per heavy atom. The van der Waals surface area contributed by atoms with E-state index in [2.05, 4.69) is 20.4 Å². The zero-order chi connectivity index (χ0) is 15.7. The molecule has 0 aliphatic rings. The van der Waals surface area contributed by atoms with Gasteiger partial charge in [0.15, 0.2) is 5.96 Å². The van der Waals surface area contributed by atoms with Crippen molar-refractivity contribution < 1.29 is 18.7 Å². The molecule has 118 valence electrons. The Morgan fingerprint density at radius 2 is 2.14 bits per heavy atom. The lowest BCUT2D eigenvalue weighted by Gasteiger charge is -2.10. The fraction of sp³-hybridized carbons (Fsp3) is 0.571. The first-order valence-electron chi connectivity index (χ1n) is 6.81. The van der Waals surface area contributed by atoms with Gasteiger partial charge >= 0.3 is 5.97 Å². The number of methoxy groups -OCH3 is 2. The third kappa shape index (κ3) is 5.47. The molecular weight excluding hydrogens is 274 g/mol. The van der Waals surface area contributed by atoms with E-state index in [9.17, 15) is 4.79 Å². The second-order valence-electron chi connectivity index (χ2n) is 4.29. The van der Waals surface area contributed by atoms with E-state index < -0.39 is 5.97 Å². The molecule has 0 atom stereocenters. The van der Waals surface area contributed by atoms with Gasteiger partial charge in [-0.2, -0.15) is 0 Å². The van der Waals surface area contributed by atoms with Crippen LogP contribution in [0.15, 0.2) is 15.5 Å². The summed E-state index contributed by atoms with van der Waals surface area (Å²) in [6.07, 6.45) is 0. The second-order valence-corrected chi connectivity index (χ2v) is 4.29. The van der Waals surface area contributed by atoms with Gasteiger partial charge in [0.05, 0.1) is 13.7 Å². The van der Waals surface area contributed by atoms with E-state index in [1.807, 2.05) is 6.92 Å². The van der Waals surface area contributed by atoms with Crippen LogP contribution >= 0.6 is 0 Å². The standard InChI is InChI=1S/C14H23N3O4/c1-5-15-14(16-6-7-19-3)17-9-11-8-12(10(2)21-11)13(18)20-4/h8H,5-7,9H2,1-4H3,(H2,15,16,17). The minimum atomic E-state index is -0.406. The summed E-state index contributed by atoms with van der Waals surface area (Å²) in [6.45, 7) is 6.05. The minimum absolute atomic E-state index is 0.333. The lowest BCUT2D eigenvalue weighted by molar-refractivity contribution is 0.0599. The molecule has 1 heterocycles. The van der Waals surface area contributed by atoms with E-state index in [4.69, 9.17) is 9.15 Å². The van der Waals surface area contributed by atoms with Crippen molar-refractivity contribution >= 4 is 11.9 Å². The van der Waals surface area contributed by atoms with Gasteiger partial charge in [0, 0.05) is 20.2 Å². The molecule has 0 saturated carbocycles. The highest BCUT2D eigenvalue weighted by Gasteiger charge is 2.15. The Labute approximate surface area is 124 Å². The number of ether oxygens (including phenoxy) is 2. The quantitative estimate of drug-likeness (QED) is 0.339. The number of rotatable bonds is 7. The van der Waals surface area contributed by atoms with Crippen LogP contribution in [0, 0.1) is 6.92 Å². The van der Waals surface area contributed by atoms with Crippen LogP contribution in [0.25, 0.3) is 0 Å². The van der Waals surface area contributed by atoms with Gasteiger partial charge in [0.1, 0.15) is 23.6 Å². The van der Waals surface area contributed by atoms with Crippen molar-refractivity contribution in [2.75, 3.05) is 33.9 Å². The highest BCUT2D eigenvalue weighted by atomic mass is 16.5. The number of nitrogens with zero attached hydrogens (tertiary/aromatic N) is 1. The summed E-state index contributed by atoms with van der Waals surface area (Å²) >= 11 is 0. The van der Waals surface area contributed by atoms with Gasteiger partial charge in [0.2, 0.25) is 0 Å². The van der Waals surface area contributed by atoms with Crippen LogP contribution in [0.3, 0.4) is 0 Å². The number of aliphatic imine (C=N–C) groups is 1. The molecular formula is C14H23N3O4. The minimum Gasteiger partial charge on any atom is -0.465 e. The van der Waals surface area contributed by atoms with Gasteiger partial charge in [-0.3, -0.25) is 0 Å². The predicted octanol–water partition coefficient (Wildman–Crippen LogP) is 1.08. The number of guanidine groups is 1. The summed E-state index contributed by atoms with van der Waals surface area (Å²) in [6, 6.07) is 1.66. The molecule has 0 unspecified atom stereocenters. The van der Waals surface area contributed by atoms with Gasteiger partial charge in [-0.25, -0.2) is 9.79 Å². The Bertz CT molecular complexity index is 483. The van der Waals surface area contributed by atoms with E-state index in [1.165, 1.54) is 7.11 Å². The smallest absolute Gasteiger partial charge is 0.341 e. The van der Waals surface area contributed by atoms with Crippen LogP contribution in [0.1, 0.15) is 28.8 Å². The first kappa shape index (κ1) is 17.0. The molecule has 0 radical (unpaired) electrons. The van der Waals surface area contributed by atoms with Crippen molar-refractivity contribution in [3.8, 4) is 0 Å². The van der Waals surface area contributed by atoms with Crippen LogP contribution in [0.4, 0.5) is 0 Å². The average molecular weight is 297 g/mol. The first-order valence-corrected chi connectivity index (χ1v) is 6.81. The highest BCUT2D eigenvalue weighted by molar-refractivity contribution is 5.90. The molecule has 7 nitrogen and oxygen atoms in total. The molecule has 0 spiro atoms. The van der Waals surface area contributed by atoms with Crippen molar-refractivity contribution in [2.45, 2.75) is 20.4 Å². The highest BCUT2D eigenvalue weighted by Crippen LogP contribution is 2.16. The normalized spacial score (nSPS) is 11.3. The van der Waals surface area contributed by atoms with Crippen LogP contribution in [-0.4, -0.2) is 45.8 Å². The summed E-state index contributed by atoms with van der Waals surface area (Å²) in [5.41, 5.74) is 0.431. The average Bonchev–Trinajstić information content (AvgIpc) is 2.85. The summed E-state index contributed by atoms with van der Waals surface area (Å²) in [5.74, 6) is 1.40. The Kier molecular flexibility index (Phi) is 7.31. The molecule has 1 rings (SSSR count). The Morgan fingerprint density at radius 1 is 1.38 bits per heavy atom. The SMILES string of the molecule is CCNC(=NCc1cc(C(=O)OC)c(C)o1)NCCOC. The van der Waals surface area contributed by atoms with Crippen LogP contribution in [0.2, 0.25) is 0 Å². The van der Waals surface area contributed by atoms with E-state index in [1.54, 1.807) is 20.1 Å². The molecule has 0 fully saturated rings. The Balaban J connectivity index is 2.69. The number of esters is 1. The third-order valence-corrected chi connectivity index (χ3v) is 2.71. The summed E-state index contributed by atoms with van der Waals surface area (Å²) < 4.78 is 15.2. The number of carbonyl (C=O) groups is 1. The fourth-order valence-electron chi connectivity index (χ4n) is 1.70. The maximum Gasteiger partial charge on any atom is 0.341 e. The van der Waals surface area contributed by atoms with Gasteiger partial charge in [-0.1, -0.05) is 0 Å². The molecule has 2 N–H and O–H groups in total.